The van der Waals surface area contributed by atoms with E-state index in [1.807, 2.05) is 13.8 Å². The second-order valence-electron chi connectivity index (χ2n) is 3.64. The molecule has 0 spiro atoms. The maximum Gasteiger partial charge on any atom is 0.234 e. The highest BCUT2D eigenvalue weighted by molar-refractivity contribution is 5.79. The number of rotatable bonds is 7. The van der Waals surface area contributed by atoms with Gasteiger partial charge in [0.25, 0.3) is 0 Å². The van der Waals surface area contributed by atoms with Crippen LogP contribution in [-0.2, 0) is 16.0 Å². The van der Waals surface area contributed by atoms with Crippen LogP contribution in [0.2, 0.25) is 0 Å². The van der Waals surface area contributed by atoms with Gasteiger partial charge in [-0.25, -0.2) is 0 Å². The lowest BCUT2D eigenvalue weighted by Crippen LogP contribution is -2.04. The van der Waals surface area contributed by atoms with E-state index < -0.39 is 0 Å². The van der Waals surface area contributed by atoms with Crippen molar-refractivity contribution in [1.29, 1.82) is 0 Å². The number of carbonyl (C=O) groups is 1. The second kappa shape index (κ2) is 6.37. The second-order valence-corrected chi connectivity index (χ2v) is 3.64. The van der Waals surface area contributed by atoms with Crippen molar-refractivity contribution in [2.75, 3.05) is 7.11 Å². The number of hydrogen-bond acceptors (Lipinski definition) is 5. The summed E-state index contributed by atoms with van der Waals surface area (Å²) in [5.41, 5.74) is 0. The van der Waals surface area contributed by atoms with Crippen LogP contribution in [0.3, 0.4) is 0 Å². The molecule has 0 bridgehead atoms. The van der Waals surface area contributed by atoms with Crippen molar-refractivity contribution in [1.82, 2.24) is 10.1 Å². The zero-order chi connectivity index (χ0) is 12.0. The van der Waals surface area contributed by atoms with Crippen molar-refractivity contribution < 1.29 is 14.1 Å². The molecule has 0 aliphatic carbocycles. The van der Waals surface area contributed by atoms with Crippen molar-refractivity contribution in [2.45, 2.75) is 45.6 Å². The molecule has 0 aliphatic heterocycles. The van der Waals surface area contributed by atoms with E-state index in [0.717, 1.165) is 12.8 Å². The lowest BCUT2D eigenvalue weighted by Gasteiger charge is -2.05. The largest absolute Gasteiger partial charge is 0.373 e. The smallest absolute Gasteiger partial charge is 0.234 e. The highest BCUT2D eigenvalue weighted by Gasteiger charge is 2.17. The summed E-state index contributed by atoms with van der Waals surface area (Å²) in [5, 5.41) is 3.81. The number of hydrogen-bond donors (Lipinski definition) is 0. The van der Waals surface area contributed by atoms with Crippen molar-refractivity contribution in [3.8, 4) is 0 Å². The molecule has 1 aromatic rings. The van der Waals surface area contributed by atoms with Gasteiger partial charge in [0.1, 0.15) is 11.9 Å². The molecule has 0 amide bonds. The van der Waals surface area contributed by atoms with Crippen molar-refractivity contribution in [3.05, 3.63) is 11.7 Å². The van der Waals surface area contributed by atoms with Crippen LogP contribution in [0.15, 0.2) is 4.52 Å². The number of ketones is 1. The molecule has 1 heterocycles. The number of Topliss-reactive ketones (excluding diaryl/α,β-unsaturated/α-hetero) is 1. The van der Waals surface area contributed by atoms with Crippen molar-refractivity contribution in [3.63, 3.8) is 0 Å². The molecular formula is C11H18N2O3. The number of ether oxygens (including phenoxy) is 1. The maximum absolute atomic E-state index is 11.4. The average Bonchev–Trinajstić information content (AvgIpc) is 2.68. The first-order valence-electron chi connectivity index (χ1n) is 5.58. The minimum absolute atomic E-state index is 0.128. The molecular weight excluding hydrogens is 208 g/mol. The lowest BCUT2D eigenvalue weighted by molar-refractivity contribution is -0.118. The Morgan fingerprint density at radius 3 is 2.81 bits per heavy atom. The van der Waals surface area contributed by atoms with Gasteiger partial charge in [-0.2, -0.15) is 4.98 Å². The van der Waals surface area contributed by atoms with Crippen LogP contribution < -0.4 is 0 Å². The zero-order valence-corrected chi connectivity index (χ0v) is 10.0. The third kappa shape index (κ3) is 3.41. The molecule has 1 rings (SSSR count). The van der Waals surface area contributed by atoms with E-state index in [1.165, 1.54) is 0 Å². The van der Waals surface area contributed by atoms with E-state index in [0.29, 0.717) is 18.1 Å². The predicted molar refractivity (Wildman–Crippen MR) is 58.0 cm³/mol. The van der Waals surface area contributed by atoms with Crippen LogP contribution in [0.25, 0.3) is 0 Å². The van der Waals surface area contributed by atoms with E-state index in [4.69, 9.17) is 9.26 Å². The van der Waals surface area contributed by atoms with Crippen molar-refractivity contribution >= 4 is 5.78 Å². The topological polar surface area (TPSA) is 65.2 Å². The predicted octanol–water partition coefficient (Wildman–Crippen LogP) is 2.08. The van der Waals surface area contributed by atoms with Gasteiger partial charge in [-0.15, -0.1) is 0 Å². The van der Waals surface area contributed by atoms with Gasteiger partial charge in [0, 0.05) is 13.5 Å². The van der Waals surface area contributed by atoms with Gasteiger partial charge in [0.05, 0.1) is 6.42 Å². The van der Waals surface area contributed by atoms with E-state index in [1.54, 1.807) is 7.11 Å². The Bertz CT molecular complexity index is 332. The molecule has 0 aliphatic rings. The van der Waals surface area contributed by atoms with E-state index >= 15 is 0 Å². The maximum atomic E-state index is 11.4. The Morgan fingerprint density at radius 2 is 2.25 bits per heavy atom. The fourth-order valence-corrected chi connectivity index (χ4v) is 1.46. The number of aromatic nitrogens is 2. The molecule has 16 heavy (non-hydrogen) atoms. The van der Waals surface area contributed by atoms with Crippen LogP contribution in [0.1, 0.15) is 50.9 Å². The first-order valence-corrected chi connectivity index (χ1v) is 5.58. The molecule has 90 valence electrons. The summed E-state index contributed by atoms with van der Waals surface area (Å²) in [4.78, 5) is 15.5. The number of nitrogens with zero attached hydrogens (tertiary/aromatic N) is 2. The van der Waals surface area contributed by atoms with E-state index in [9.17, 15) is 4.79 Å². The third-order valence-electron chi connectivity index (χ3n) is 2.30. The Morgan fingerprint density at radius 1 is 1.50 bits per heavy atom. The van der Waals surface area contributed by atoms with Gasteiger partial charge in [0.15, 0.2) is 0 Å². The first kappa shape index (κ1) is 12.8. The van der Waals surface area contributed by atoms with Gasteiger partial charge >= 0.3 is 0 Å². The Hall–Kier alpha value is -1.23. The molecule has 1 unspecified atom stereocenters. The molecule has 0 aromatic carbocycles. The lowest BCUT2D eigenvalue weighted by atomic mass is 10.2. The summed E-state index contributed by atoms with van der Waals surface area (Å²) < 4.78 is 10.2. The quantitative estimate of drug-likeness (QED) is 0.712. The average molecular weight is 226 g/mol. The molecule has 0 saturated carbocycles. The van der Waals surface area contributed by atoms with Crippen LogP contribution in [0.5, 0.6) is 0 Å². The number of carbonyl (C=O) groups excluding carboxylic acids is 1. The fraction of sp³-hybridized carbons (Fsp3) is 0.727. The van der Waals surface area contributed by atoms with E-state index in [2.05, 4.69) is 10.1 Å². The van der Waals surface area contributed by atoms with Crippen LogP contribution in [0, 0.1) is 0 Å². The van der Waals surface area contributed by atoms with Gasteiger partial charge in [-0.1, -0.05) is 19.0 Å². The molecule has 1 atom stereocenters. The summed E-state index contributed by atoms with van der Waals surface area (Å²) in [6, 6.07) is 0. The van der Waals surface area contributed by atoms with Gasteiger partial charge < -0.3 is 9.26 Å². The molecule has 0 N–H and O–H groups in total. The minimum Gasteiger partial charge on any atom is -0.373 e. The molecule has 5 heteroatoms. The standard InChI is InChI=1S/C11H18N2O3/c1-4-6-8(14)7-10-12-11(13-16-10)9(5-2)15-3/h9H,4-7H2,1-3H3. The highest BCUT2D eigenvalue weighted by Crippen LogP contribution is 2.16. The summed E-state index contributed by atoms with van der Waals surface area (Å²) in [5.74, 6) is 1.02. The number of methoxy groups -OCH3 is 1. The van der Waals surface area contributed by atoms with Gasteiger partial charge in [-0.05, 0) is 12.8 Å². The molecule has 0 radical (unpaired) electrons. The van der Waals surface area contributed by atoms with Gasteiger partial charge in [0.2, 0.25) is 11.7 Å². The van der Waals surface area contributed by atoms with Gasteiger partial charge in [-0.3, -0.25) is 4.79 Å². The summed E-state index contributed by atoms with van der Waals surface area (Å²) in [6.45, 7) is 3.95. The Balaban J connectivity index is 2.60. The third-order valence-corrected chi connectivity index (χ3v) is 2.30. The van der Waals surface area contributed by atoms with E-state index in [-0.39, 0.29) is 18.3 Å². The Kier molecular flexibility index (Phi) is 5.11. The summed E-state index contributed by atoms with van der Waals surface area (Å²) in [7, 11) is 1.60. The SMILES string of the molecule is CCCC(=O)Cc1nc(C(CC)OC)no1. The van der Waals surface area contributed by atoms with Crippen LogP contribution >= 0.6 is 0 Å². The first-order chi connectivity index (χ1) is 7.71. The molecule has 5 nitrogen and oxygen atoms in total. The molecule has 0 fully saturated rings. The fourth-order valence-electron chi connectivity index (χ4n) is 1.46. The molecule has 0 saturated heterocycles. The minimum atomic E-state index is -0.154. The zero-order valence-electron chi connectivity index (χ0n) is 10.0. The Labute approximate surface area is 95.2 Å². The van der Waals surface area contributed by atoms with Crippen molar-refractivity contribution in [2.24, 2.45) is 0 Å². The highest BCUT2D eigenvalue weighted by atomic mass is 16.5. The normalized spacial score (nSPS) is 12.7. The van der Waals surface area contributed by atoms with Crippen LogP contribution in [0.4, 0.5) is 0 Å². The molecule has 1 aromatic heterocycles. The summed E-state index contributed by atoms with van der Waals surface area (Å²) >= 11 is 0. The van der Waals surface area contributed by atoms with Crippen LogP contribution in [-0.4, -0.2) is 23.0 Å². The monoisotopic (exact) mass is 226 g/mol. The summed E-state index contributed by atoms with van der Waals surface area (Å²) in [6.07, 6.45) is 2.24.